The Morgan fingerprint density at radius 2 is 1.86 bits per heavy atom. The summed E-state index contributed by atoms with van der Waals surface area (Å²) in [4.78, 5) is 3.95. The number of ether oxygens (including phenoxy) is 1. The summed E-state index contributed by atoms with van der Waals surface area (Å²) in [5.74, 6) is 0.667. The first kappa shape index (κ1) is 14.3. The normalized spacial score (nSPS) is 10.8. The zero-order valence-electron chi connectivity index (χ0n) is 10.8. The second-order valence-corrected chi connectivity index (χ2v) is 5.69. The standard InChI is InChI=1S/C16H10BrClFNO/c17-13-3-1-11-7-15(4-2-10(11)5-13)21-16-12(8-18)6-14(19)9-20-16/h1-7,9H,8H2. The first-order valence-electron chi connectivity index (χ1n) is 6.23. The molecule has 3 aromatic rings. The second kappa shape index (κ2) is 6.00. The van der Waals surface area contributed by atoms with Crippen molar-refractivity contribution in [2.45, 2.75) is 5.88 Å². The first-order valence-corrected chi connectivity index (χ1v) is 7.56. The summed E-state index contributed by atoms with van der Waals surface area (Å²) in [7, 11) is 0. The molecule has 0 atom stereocenters. The molecule has 0 amide bonds. The minimum Gasteiger partial charge on any atom is -0.439 e. The Kier molecular flexibility index (Phi) is 4.08. The monoisotopic (exact) mass is 365 g/mol. The van der Waals surface area contributed by atoms with Gasteiger partial charge in [-0.3, -0.25) is 0 Å². The Bertz CT molecular complexity index is 809. The Morgan fingerprint density at radius 1 is 1.10 bits per heavy atom. The van der Waals surface area contributed by atoms with Crippen molar-refractivity contribution in [2.75, 3.05) is 0 Å². The van der Waals surface area contributed by atoms with E-state index in [4.69, 9.17) is 16.3 Å². The Balaban J connectivity index is 1.96. The van der Waals surface area contributed by atoms with Crippen molar-refractivity contribution in [3.8, 4) is 11.6 Å². The molecule has 0 saturated carbocycles. The maximum Gasteiger partial charge on any atom is 0.223 e. The largest absolute Gasteiger partial charge is 0.439 e. The predicted octanol–water partition coefficient (Wildman–Crippen LogP) is 5.67. The lowest BCUT2D eigenvalue weighted by atomic mass is 10.1. The Hall–Kier alpha value is -1.65. The lowest BCUT2D eigenvalue weighted by Gasteiger charge is -2.09. The molecule has 21 heavy (non-hydrogen) atoms. The molecule has 0 N–H and O–H groups in total. The van der Waals surface area contributed by atoms with E-state index in [-0.39, 0.29) is 5.88 Å². The van der Waals surface area contributed by atoms with Gasteiger partial charge in [0.05, 0.1) is 12.1 Å². The number of benzene rings is 2. The number of aromatic nitrogens is 1. The molecule has 0 fully saturated rings. The number of hydrogen-bond acceptors (Lipinski definition) is 2. The van der Waals surface area contributed by atoms with Gasteiger partial charge in [0, 0.05) is 10.0 Å². The van der Waals surface area contributed by atoms with E-state index in [0.717, 1.165) is 21.4 Å². The minimum absolute atomic E-state index is 0.140. The topological polar surface area (TPSA) is 22.1 Å². The second-order valence-electron chi connectivity index (χ2n) is 4.51. The molecule has 0 aliphatic carbocycles. The van der Waals surface area contributed by atoms with Crippen LogP contribution >= 0.6 is 27.5 Å². The molecular formula is C16H10BrClFNO. The molecular weight excluding hydrogens is 357 g/mol. The number of pyridine rings is 1. The maximum atomic E-state index is 13.1. The van der Waals surface area contributed by atoms with Gasteiger partial charge in [-0.1, -0.05) is 28.1 Å². The number of halogens is 3. The van der Waals surface area contributed by atoms with Crippen molar-refractivity contribution in [2.24, 2.45) is 0 Å². The summed E-state index contributed by atoms with van der Waals surface area (Å²) in [5, 5.41) is 2.14. The van der Waals surface area contributed by atoms with Crippen LogP contribution in [0, 0.1) is 5.82 Å². The van der Waals surface area contributed by atoms with E-state index < -0.39 is 5.82 Å². The summed E-state index contributed by atoms with van der Waals surface area (Å²) < 4.78 is 19.9. The number of fused-ring (bicyclic) bond motifs is 1. The maximum absolute atomic E-state index is 13.1. The third-order valence-electron chi connectivity index (χ3n) is 3.02. The Morgan fingerprint density at radius 3 is 2.67 bits per heavy atom. The van der Waals surface area contributed by atoms with Crippen molar-refractivity contribution in [3.63, 3.8) is 0 Å². The first-order chi connectivity index (χ1) is 10.2. The predicted molar refractivity (Wildman–Crippen MR) is 85.5 cm³/mol. The van der Waals surface area contributed by atoms with Gasteiger partial charge < -0.3 is 4.74 Å². The highest BCUT2D eigenvalue weighted by atomic mass is 79.9. The molecule has 1 aromatic heterocycles. The molecule has 0 aliphatic rings. The number of hydrogen-bond donors (Lipinski definition) is 0. The zero-order valence-corrected chi connectivity index (χ0v) is 13.2. The molecule has 0 unspecified atom stereocenters. The van der Waals surface area contributed by atoms with Gasteiger partial charge in [-0.05, 0) is 41.1 Å². The molecule has 5 heteroatoms. The minimum atomic E-state index is -0.429. The van der Waals surface area contributed by atoms with Crippen LogP contribution in [-0.4, -0.2) is 4.98 Å². The van der Waals surface area contributed by atoms with Gasteiger partial charge in [0.2, 0.25) is 5.88 Å². The van der Waals surface area contributed by atoms with Crippen LogP contribution < -0.4 is 4.74 Å². The highest BCUT2D eigenvalue weighted by molar-refractivity contribution is 9.10. The van der Waals surface area contributed by atoms with E-state index in [1.807, 2.05) is 36.4 Å². The number of nitrogens with zero attached hydrogens (tertiary/aromatic N) is 1. The average molecular weight is 367 g/mol. The van der Waals surface area contributed by atoms with Crippen LogP contribution in [0.25, 0.3) is 10.8 Å². The van der Waals surface area contributed by atoms with Gasteiger partial charge >= 0.3 is 0 Å². The fourth-order valence-electron chi connectivity index (χ4n) is 2.03. The Labute approximate surface area is 134 Å². The quantitative estimate of drug-likeness (QED) is 0.557. The highest BCUT2D eigenvalue weighted by Crippen LogP contribution is 2.29. The fourth-order valence-corrected chi connectivity index (χ4v) is 2.60. The van der Waals surface area contributed by atoms with Crippen LogP contribution in [0.4, 0.5) is 4.39 Å². The van der Waals surface area contributed by atoms with Crippen molar-refractivity contribution in [1.29, 1.82) is 0 Å². The van der Waals surface area contributed by atoms with Crippen LogP contribution in [0.3, 0.4) is 0 Å². The zero-order chi connectivity index (χ0) is 14.8. The molecule has 0 bridgehead atoms. The van der Waals surface area contributed by atoms with E-state index in [1.54, 1.807) is 0 Å². The van der Waals surface area contributed by atoms with Crippen LogP contribution in [0.2, 0.25) is 0 Å². The van der Waals surface area contributed by atoms with E-state index in [2.05, 4.69) is 20.9 Å². The van der Waals surface area contributed by atoms with Gasteiger partial charge in [-0.25, -0.2) is 9.37 Å². The average Bonchev–Trinajstić information content (AvgIpc) is 2.49. The molecule has 0 spiro atoms. The lowest BCUT2D eigenvalue weighted by Crippen LogP contribution is -1.94. The van der Waals surface area contributed by atoms with Crippen molar-refractivity contribution in [1.82, 2.24) is 4.98 Å². The molecule has 0 radical (unpaired) electrons. The number of alkyl halides is 1. The number of rotatable bonds is 3. The van der Waals surface area contributed by atoms with Gasteiger partial charge in [-0.2, -0.15) is 0 Å². The molecule has 0 saturated heterocycles. The van der Waals surface area contributed by atoms with Crippen LogP contribution in [0.15, 0.2) is 53.1 Å². The molecule has 2 aromatic carbocycles. The lowest BCUT2D eigenvalue weighted by molar-refractivity contribution is 0.455. The molecule has 0 aliphatic heterocycles. The van der Waals surface area contributed by atoms with Crippen LogP contribution in [0.5, 0.6) is 11.6 Å². The summed E-state index contributed by atoms with van der Waals surface area (Å²) >= 11 is 9.23. The molecule has 106 valence electrons. The van der Waals surface area contributed by atoms with E-state index >= 15 is 0 Å². The summed E-state index contributed by atoms with van der Waals surface area (Å²) in [5.41, 5.74) is 0.521. The van der Waals surface area contributed by atoms with Gasteiger partial charge in [-0.15, -0.1) is 11.6 Å². The smallest absolute Gasteiger partial charge is 0.223 e. The third-order valence-corrected chi connectivity index (χ3v) is 3.81. The SMILES string of the molecule is Fc1cnc(Oc2ccc3cc(Br)ccc3c2)c(CCl)c1. The van der Waals surface area contributed by atoms with Crippen LogP contribution in [0.1, 0.15) is 5.56 Å². The highest BCUT2D eigenvalue weighted by Gasteiger charge is 2.08. The summed E-state index contributed by atoms with van der Waals surface area (Å²) in [6, 6.07) is 13.0. The van der Waals surface area contributed by atoms with Gasteiger partial charge in [0.25, 0.3) is 0 Å². The summed E-state index contributed by atoms with van der Waals surface area (Å²) in [6.45, 7) is 0. The van der Waals surface area contributed by atoms with E-state index in [0.29, 0.717) is 17.2 Å². The van der Waals surface area contributed by atoms with Crippen molar-refractivity contribution >= 4 is 38.3 Å². The molecule has 1 heterocycles. The van der Waals surface area contributed by atoms with Crippen molar-refractivity contribution < 1.29 is 9.13 Å². The summed E-state index contributed by atoms with van der Waals surface area (Å²) in [6.07, 6.45) is 1.11. The molecule has 3 rings (SSSR count). The fraction of sp³-hybridized carbons (Fsp3) is 0.0625. The van der Waals surface area contributed by atoms with E-state index in [1.165, 1.54) is 6.07 Å². The third kappa shape index (κ3) is 3.17. The van der Waals surface area contributed by atoms with Crippen molar-refractivity contribution in [3.05, 3.63) is 64.5 Å². The van der Waals surface area contributed by atoms with E-state index in [9.17, 15) is 4.39 Å². The van der Waals surface area contributed by atoms with Gasteiger partial charge in [0.15, 0.2) is 0 Å². The van der Waals surface area contributed by atoms with Gasteiger partial charge in [0.1, 0.15) is 11.6 Å². The van der Waals surface area contributed by atoms with Crippen LogP contribution in [-0.2, 0) is 5.88 Å². The molecule has 2 nitrogen and oxygen atoms in total.